The first kappa shape index (κ1) is 24.0. The number of hydrogen-bond donors (Lipinski definition) is 1. The highest BCUT2D eigenvalue weighted by molar-refractivity contribution is 5.84. The van der Waals surface area contributed by atoms with Crippen molar-refractivity contribution in [3.8, 4) is 5.75 Å². The van der Waals surface area contributed by atoms with E-state index in [4.69, 9.17) is 9.47 Å². The number of nitrogens with zero attached hydrogens (tertiary/aromatic N) is 1. The summed E-state index contributed by atoms with van der Waals surface area (Å²) in [6.45, 7) is 3.72. The van der Waals surface area contributed by atoms with Gasteiger partial charge in [-0.25, -0.2) is 9.18 Å². The molecule has 0 spiro atoms. The van der Waals surface area contributed by atoms with Crippen molar-refractivity contribution in [1.82, 2.24) is 0 Å². The van der Waals surface area contributed by atoms with E-state index >= 15 is 0 Å². The molecule has 4 heterocycles. The summed E-state index contributed by atoms with van der Waals surface area (Å²) in [6.07, 6.45) is 4.35. The summed E-state index contributed by atoms with van der Waals surface area (Å²) in [5.74, 6) is 1.40. The van der Waals surface area contributed by atoms with Crippen molar-refractivity contribution < 1.29 is 23.1 Å². The zero-order chi connectivity index (χ0) is 25.2. The molecule has 192 valence electrons. The summed E-state index contributed by atoms with van der Waals surface area (Å²) in [4.78, 5) is 13.1. The molecule has 4 aliphatic rings. The fraction of sp³-hybridized carbons (Fsp3) is 0.387. The van der Waals surface area contributed by atoms with Crippen LogP contribution in [0.2, 0.25) is 0 Å². The van der Waals surface area contributed by atoms with Crippen LogP contribution in [0.5, 0.6) is 5.75 Å². The van der Waals surface area contributed by atoms with Gasteiger partial charge in [0.1, 0.15) is 11.6 Å². The van der Waals surface area contributed by atoms with Gasteiger partial charge in [0.15, 0.2) is 0 Å². The molecular formula is C31H34FN2O3+. The number of quaternary nitrogens is 1. The Morgan fingerprint density at radius 2 is 1.84 bits per heavy atom. The second kappa shape index (κ2) is 10.2. The average molecular weight is 502 g/mol. The number of fused-ring (bicyclic) bond motifs is 4. The molecular weight excluding hydrogens is 467 g/mol. The van der Waals surface area contributed by atoms with Crippen molar-refractivity contribution in [1.29, 1.82) is 0 Å². The van der Waals surface area contributed by atoms with Gasteiger partial charge < -0.3 is 9.47 Å². The summed E-state index contributed by atoms with van der Waals surface area (Å²) < 4.78 is 26.5. The highest BCUT2D eigenvalue weighted by atomic mass is 19.1. The molecule has 1 amide bonds. The van der Waals surface area contributed by atoms with Crippen molar-refractivity contribution in [2.75, 3.05) is 31.6 Å². The standard InChI is InChI=1S/C31H33FN2O3/c32-26-7-4-8-27(21-26)33-31(35)37-30-28(20-22-5-2-1-3-6-22)24-12-16-34(30,17-13-24)15-11-23-9-10-29-25(19-23)14-18-36-29/h1-10,19,21,24,28,30H,11-18,20H2/p+1/t24?,28?,30-,34?/m1/s1. The number of hydrogen-bond acceptors (Lipinski definition) is 3. The number of carbonyl (C=O) groups is 1. The molecule has 3 aromatic carbocycles. The van der Waals surface area contributed by atoms with E-state index in [-0.39, 0.29) is 18.0 Å². The van der Waals surface area contributed by atoms with Crippen LogP contribution in [0.3, 0.4) is 0 Å². The lowest BCUT2D eigenvalue weighted by Crippen LogP contribution is -2.70. The molecule has 2 bridgehead atoms. The number of amides is 1. The number of nitrogens with one attached hydrogen (secondary N) is 1. The lowest BCUT2D eigenvalue weighted by Gasteiger charge is -2.56. The molecule has 0 saturated carbocycles. The SMILES string of the molecule is O=C(Nc1cccc(F)c1)O[C@@H]1C(Cc2ccccc2)C2CC[N+]1(CCc1ccc3c(c1)CCO3)CC2. The summed E-state index contributed by atoms with van der Waals surface area (Å²) in [7, 11) is 0. The van der Waals surface area contributed by atoms with Crippen LogP contribution < -0.4 is 10.1 Å². The molecule has 1 unspecified atom stereocenters. The third-order valence-corrected chi connectivity index (χ3v) is 8.61. The molecule has 3 saturated heterocycles. The molecule has 3 aromatic rings. The van der Waals surface area contributed by atoms with Crippen LogP contribution in [0.4, 0.5) is 14.9 Å². The average Bonchev–Trinajstić information content (AvgIpc) is 3.38. The Morgan fingerprint density at radius 3 is 2.65 bits per heavy atom. The topological polar surface area (TPSA) is 47.6 Å². The Kier molecular flexibility index (Phi) is 6.59. The molecule has 0 radical (unpaired) electrons. The van der Waals surface area contributed by atoms with Crippen molar-refractivity contribution in [2.45, 2.75) is 38.3 Å². The highest BCUT2D eigenvalue weighted by Gasteiger charge is 2.55. The van der Waals surface area contributed by atoms with Crippen molar-refractivity contribution in [2.24, 2.45) is 11.8 Å². The minimum atomic E-state index is -0.506. The number of halogens is 1. The van der Waals surface area contributed by atoms with E-state index < -0.39 is 6.09 Å². The maximum atomic E-state index is 13.7. The predicted molar refractivity (Wildman–Crippen MR) is 141 cm³/mol. The molecule has 3 fully saturated rings. The zero-order valence-electron chi connectivity index (χ0n) is 21.1. The molecule has 0 aromatic heterocycles. The Balaban J connectivity index is 1.25. The van der Waals surface area contributed by atoms with Crippen molar-refractivity contribution in [3.63, 3.8) is 0 Å². The van der Waals surface area contributed by atoms with Crippen LogP contribution in [-0.2, 0) is 24.0 Å². The van der Waals surface area contributed by atoms with Gasteiger partial charge in [-0.1, -0.05) is 48.5 Å². The van der Waals surface area contributed by atoms with E-state index in [2.05, 4.69) is 47.8 Å². The normalized spacial score (nSPS) is 25.8. The van der Waals surface area contributed by atoms with Crippen LogP contribution in [0.15, 0.2) is 72.8 Å². The summed E-state index contributed by atoms with van der Waals surface area (Å²) in [5.41, 5.74) is 4.29. The molecule has 2 atom stereocenters. The first-order valence-electron chi connectivity index (χ1n) is 13.5. The first-order chi connectivity index (χ1) is 18.1. The van der Waals surface area contributed by atoms with Gasteiger partial charge in [0.25, 0.3) is 0 Å². The van der Waals surface area contributed by atoms with Crippen LogP contribution in [0, 0.1) is 17.7 Å². The van der Waals surface area contributed by atoms with Crippen LogP contribution in [-0.4, -0.2) is 43.0 Å². The monoisotopic (exact) mass is 501 g/mol. The summed E-state index contributed by atoms with van der Waals surface area (Å²) in [6, 6.07) is 23.0. The largest absolute Gasteiger partial charge is 0.493 e. The lowest BCUT2D eigenvalue weighted by atomic mass is 9.72. The number of piperidine rings is 3. The number of benzene rings is 3. The molecule has 6 heteroatoms. The predicted octanol–water partition coefficient (Wildman–Crippen LogP) is 5.98. The first-order valence-corrected chi connectivity index (χ1v) is 13.5. The summed E-state index contributed by atoms with van der Waals surface area (Å²) >= 11 is 0. The van der Waals surface area contributed by atoms with Gasteiger partial charge >= 0.3 is 6.09 Å². The van der Waals surface area contributed by atoms with Gasteiger partial charge in [0, 0.05) is 31.4 Å². The lowest BCUT2D eigenvalue weighted by molar-refractivity contribution is -0.988. The Bertz CT molecular complexity index is 1260. The maximum Gasteiger partial charge on any atom is 0.416 e. The van der Waals surface area contributed by atoms with Gasteiger partial charge in [0.05, 0.1) is 32.2 Å². The smallest absolute Gasteiger partial charge is 0.416 e. The van der Waals surface area contributed by atoms with Crippen LogP contribution in [0.1, 0.15) is 29.5 Å². The van der Waals surface area contributed by atoms with E-state index in [1.165, 1.54) is 28.8 Å². The van der Waals surface area contributed by atoms with Gasteiger partial charge in [-0.3, -0.25) is 9.80 Å². The van der Waals surface area contributed by atoms with Crippen molar-refractivity contribution in [3.05, 3.63) is 95.3 Å². The van der Waals surface area contributed by atoms with E-state index in [1.54, 1.807) is 12.1 Å². The van der Waals surface area contributed by atoms with E-state index in [0.29, 0.717) is 11.6 Å². The Morgan fingerprint density at radius 1 is 1.00 bits per heavy atom. The van der Waals surface area contributed by atoms with Gasteiger partial charge in [-0.15, -0.1) is 0 Å². The van der Waals surface area contributed by atoms with Gasteiger partial charge in [-0.05, 0) is 53.3 Å². The molecule has 0 aliphatic carbocycles. The molecule has 1 N–H and O–H groups in total. The zero-order valence-corrected chi connectivity index (χ0v) is 21.1. The third kappa shape index (κ3) is 5.08. The van der Waals surface area contributed by atoms with Crippen molar-refractivity contribution >= 4 is 11.8 Å². The summed E-state index contributed by atoms with van der Waals surface area (Å²) in [5, 5.41) is 2.77. The quantitative estimate of drug-likeness (QED) is 0.406. The van der Waals surface area contributed by atoms with Crippen LogP contribution in [0.25, 0.3) is 0 Å². The fourth-order valence-electron chi connectivity index (χ4n) is 6.70. The van der Waals surface area contributed by atoms with Gasteiger partial charge in [0.2, 0.25) is 6.23 Å². The Labute approximate surface area is 217 Å². The Hall–Kier alpha value is -3.38. The van der Waals surface area contributed by atoms with Gasteiger partial charge in [-0.2, -0.15) is 0 Å². The number of rotatable bonds is 7. The molecule has 37 heavy (non-hydrogen) atoms. The highest BCUT2D eigenvalue weighted by Crippen LogP contribution is 2.45. The molecule has 5 nitrogen and oxygen atoms in total. The fourth-order valence-corrected chi connectivity index (χ4v) is 6.70. The minimum absolute atomic E-state index is 0.237. The van der Waals surface area contributed by atoms with Crippen LogP contribution >= 0.6 is 0 Å². The number of ether oxygens (including phenoxy) is 2. The third-order valence-electron chi connectivity index (χ3n) is 8.61. The van der Waals surface area contributed by atoms with E-state index in [9.17, 15) is 9.18 Å². The minimum Gasteiger partial charge on any atom is -0.493 e. The molecule has 4 aliphatic heterocycles. The second-order valence-corrected chi connectivity index (χ2v) is 10.8. The second-order valence-electron chi connectivity index (χ2n) is 10.8. The number of anilines is 1. The van der Waals surface area contributed by atoms with E-state index in [0.717, 1.165) is 68.6 Å². The maximum absolute atomic E-state index is 13.7. The molecule has 7 rings (SSSR count). The van der Waals surface area contributed by atoms with E-state index in [1.807, 2.05) is 6.07 Å². The number of carbonyl (C=O) groups excluding carboxylic acids is 1.